The second kappa shape index (κ2) is 2.78. The van der Waals surface area contributed by atoms with Crippen LogP contribution in [0.25, 0.3) is 11.0 Å². The topological polar surface area (TPSA) is 54.9 Å². The summed E-state index contributed by atoms with van der Waals surface area (Å²) in [7, 11) is 0. The van der Waals surface area contributed by atoms with Crippen molar-refractivity contribution in [1.29, 1.82) is 0 Å². The average Bonchev–Trinajstić information content (AvgIpc) is 2.47. The number of anilines is 1. The van der Waals surface area contributed by atoms with Gasteiger partial charge in [0, 0.05) is 0 Å². The molecule has 0 saturated carbocycles. The van der Waals surface area contributed by atoms with E-state index in [4.69, 9.17) is 0 Å². The molecule has 4 heteroatoms. The van der Waals surface area contributed by atoms with E-state index in [1.54, 1.807) is 0 Å². The molecule has 1 N–H and O–H groups in total. The summed E-state index contributed by atoms with van der Waals surface area (Å²) in [6.45, 7) is 3.67. The number of hydrogen-bond acceptors (Lipinski definition) is 4. The number of Topliss-reactive ketones (excluding diaryl/α,β-unsaturated/α-hetero) is 1. The molecular formula is C12H11N3O. The van der Waals surface area contributed by atoms with E-state index < -0.39 is 5.54 Å². The molecule has 80 valence electrons. The number of para-hydroxylation sites is 2. The first kappa shape index (κ1) is 9.27. The Kier molecular flexibility index (Phi) is 1.61. The first-order valence-corrected chi connectivity index (χ1v) is 5.18. The Morgan fingerprint density at radius 1 is 1.12 bits per heavy atom. The van der Waals surface area contributed by atoms with Gasteiger partial charge < -0.3 is 5.32 Å². The minimum atomic E-state index is -0.598. The van der Waals surface area contributed by atoms with Crippen LogP contribution in [0.5, 0.6) is 0 Å². The van der Waals surface area contributed by atoms with Crippen molar-refractivity contribution < 1.29 is 4.79 Å². The average molecular weight is 213 g/mol. The minimum Gasteiger partial charge on any atom is -0.356 e. The number of fused-ring (bicyclic) bond motifs is 2. The lowest BCUT2D eigenvalue weighted by molar-refractivity contribution is 0.0935. The van der Waals surface area contributed by atoms with E-state index in [0.29, 0.717) is 11.5 Å². The highest BCUT2D eigenvalue weighted by Gasteiger charge is 2.39. The van der Waals surface area contributed by atoms with Gasteiger partial charge in [0.05, 0.1) is 16.6 Å². The fourth-order valence-electron chi connectivity index (χ4n) is 1.89. The summed E-state index contributed by atoms with van der Waals surface area (Å²) in [6.07, 6.45) is 0. The van der Waals surface area contributed by atoms with E-state index in [1.807, 2.05) is 38.1 Å². The molecule has 0 aliphatic carbocycles. The van der Waals surface area contributed by atoms with Crippen LogP contribution in [0, 0.1) is 0 Å². The van der Waals surface area contributed by atoms with Gasteiger partial charge in [-0.1, -0.05) is 12.1 Å². The molecule has 16 heavy (non-hydrogen) atoms. The zero-order chi connectivity index (χ0) is 11.3. The minimum absolute atomic E-state index is 0.000697. The number of rotatable bonds is 0. The van der Waals surface area contributed by atoms with Crippen molar-refractivity contribution in [1.82, 2.24) is 9.97 Å². The number of nitrogens with one attached hydrogen (secondary N) is 1. The van der Waals surface area contributed by atoms with Crippen LogP contribution in [0.1, 0.15) is 24.3 Å². The number of hydrogen-bond donors (Lipinski definition) is 1. The van der Waals surface area contributed by atoms with E-state index in [-0.39, 0.29) is 5.78 Å². The normalized spacial score (nSPS) is 17.2. The highest BCUT2D eigenvalue weighted by molar-refractivity contribution is 6.11. The van der Waals surface area contributed by atoms with Crippen molar-refractivity contribution >= 4 is 22.6 Å². The maximum absolute atomic E-state index is 12.0. The van der Waals surface area contributed by atoms with Crippen molar-refractivity contribution in [3.8, 4) is 0 Å². The van der Waals surface area contributed by atoms with E-state index in [9.17, 15) is 4.79 Å². The third-order valence-electron chi connectivity index (χ3n) is 2.78. The molecule has 1 aliphatic rings. The molecular weight excluding hydrogens is 202 g/mol. The Morgan fingerprint density at radius 3 is 2.44 bits per heavy atom. The molecule has 2 aromatic rings. The lowest BCUT2D eigenvalue weighted by Gasteiger charge is -2.14. The third-order valence-corrected chi connectivity index (χ3v) is 2.78. The van der Waals surface area contributed by atoms with Gasteiger partial charge in [-0.3, -0.25) is 4.79 Å². The third kappa shape index (κ3) is 1.13. The summed E-state index contributed by atoms with van der Waals surface area (Å²) < 4.78 is 0. The smallest absolute Gasteiger partial charge is 0.209 e. The van der Waals surface area contributed by atoms with Crippen molar-refractivity contribution in [2.24, 2.45) is 0 Å². The van der Waals surface area contributed by atoms with Gasteiger partial charge in [-0.25, -0.2) is 9.97 Å². The van der Waals surface area contributed by atoms with E-state index >= 15 is 0 Å². The van der Waals surface area contributed by atoms with Crippen molar-refractivity contribution in [3.05, 3.63) is 30.0 Å². The summed E-state index contributed by atoms with van der Waals surface area (Å²) >= 11 is 0. The van der Waals surface area contributed by atoms with Gasteiger partial charge in [0.25, 0.3) is 0 Å². The van der Waals surface area contributed by atoms with Crippen molar-refractivity contribution in [3.63, 3.8) is 0 Å². The molecule has 0 amide bonds. The Bertz CT molecular complexity index is 604. The van der Waals surface area contributed by atoms with Gasteiger partial charge >= 0.3 is 0 Å². The molecule has 1 aromatic carbocycles. The van der Waals surface area contributed by atoms with Crippen molar-refractivity contribution in [2.45, 2.75) is 19.4 Å². The van der Waals surface area contributed by atoms with Gasteiger partial charge in [-0.15, -0.1) is 0 Å². The van der Waals surface area contributed by atoms with E-state index in [2.05, 4.69) is 15.3 Å². The molecule has 1 aromatic heterocycles. The Morgan fingerprint density at radius 2 is 1.75 bits per heavy atom. The number of aromatic nitrogens is 2. The van der Waals surface area contributed by atoms with Crippen LogP contribution in [0.3, 0.4) is 0 Å². The Hall–Kier alpha value is -1.97. The highest BCUT2D eigenvalue weighted by atomic mass is 16.1. The van der Waals surface area contributed by atoms with Crippen LogP contribution in [0.15, 0.2) is 24.3 Å². The van der Waals surface area contributed by atoms with Crippen molar-refractivity contribution in [2.75, 3.05) is 5.32 Å². The Balaban J connectivity index is 2.30. The summed E-state index contributed by atoms with van der Waals surface area (Å²) in [6, 6.07) is 7.55. The molecule has 0 atom stereocenters. The van der Waals surface area contributed by atoms with Crippen LogP contribution >= 0.6 is 0 Å². The fourth-order valence-corrected chi connectivity index (χ4v) is 1.89. The first-order valence-electron chi connectivity index (χ1n) is 5.18. The zero-order valence-electron chi connectivity index (χ0n) is 9.11. The van der Waals surface area contributed by atoms with Gasteiger partial charge in [0.2, 0.25) is 5.78 Å². The largest absolute Gasteiger partial charge is 0.356 e. The maximum atomic E-state index is 12.0. The van der Waals surface area contributed by atoms with Gasteiger partial charge in [-0.2, -0.15) is 0 Å². The van der Waals surface area contributed by atoms with Gasteiger partial charge in [0.15, 0.2) is 11.5 Å². The highest BCUT2D eigenvalue weighted by Crippen LogP contribution is 2.30. The molecule has 0 bridgehead atoms. The number of nitrogens with zero attached hydrogens (tertiary/aromatic N) is 2. The molecule has 0 radical (unpaired) electrons. The van der Waals surface area contributed by atoms with Crippen LogP contribution < -0.4 is 5.32 Å². The standard InChI is InChI=1S/C12H11N3O/c1-12(2)10(16)9-11(15-12)14-8-6-4-3-5-7(8)13-9/h3-6H,1-2H3,(H,14,15). The van der Waals surface area contributed by atoms with Crippen LogP contribution in [-0.2, 0) is 0 Å². The lowest BCUT2D eigenvalue weighted by atomic mass is 10.0. The summed E-state index contributed by atoms with van der Waals surface area (Å²) in [5.41, 5.74) is 1.41. The molecule has 0 spiro atoms. The predicted molar refractivity (Wildman–Crippen MR) is 61.6 cm³/mol. The van der Waals surface area contributed by atoms with Crippen LogP contribution in [0.4, 0.5) is 5.82 Å². The SMILES string of the molecule is CC1(C)Nc2nc3ccccc3nc2C1=O. The zero-order valence-corrected chi connectivity index (χ0v) is 9.11. The number of ketones is 1. The van der Waals surface area contributed by atoms with Gasteiger partial charge in [0.1, 0.15) is 0 Å². The Labute approximate surface area is 92.7 Å². The quantitative estimate of drug-likeness (QED) is 0.727. The van der Waals surface area contributed by atoms with Crippen LogP contribution in [0.2, 0.25) is 0 Å². The number of carbonyl (C=O) groups is 1. The summed E-state index contributed by atoms with van der Waals surface area (Å²) in [4.78, 5) is 20.8. The van der Waals surface area contributed by atoms with Gasteiger partial charge in [-0.05, 0) is 26.0 Å². The van der Waals surface area contributed by atoms with Crippen LogP contribution in [-0.4, -0.2) is 21.3 Å². The monoisotopic (exact) mass is 213 g/mol. The first-order chi connectivity index (χ1) is 7.58. The molecule has 2 heterocycles. The summed E-state index contributed by atoms with van der Waals surface area (Å²) in [5.74, 6) is 0.592. The molecule has 0 saturated heterocycles. The molecule has 1 aliphatic heterocycles. The second-order valence-electron chi connectivity index (χ2n) is 4.49. The summed E-state index contributed by atoms with van der Waals surface area (Å²) in [5, 5.41) is 3.09. The second-order valence-corrected chi connectivity index (χ2v) is 4.49. The molecule has 0 fully saturated rings. The van der Waals surface area contributed by atoms with E-state index in [0.717, 1.165) is 11.0 Å². The predicted octanol–water partition coefficient (Wildman–Crippen LogP) is 2.02. The maximum Gasteiger partial charge on any atom is 0.209 e. The number of benzene rings is 1. The molecule has 3 rings (SSSR count). The fraction of sp³-hybridized carbons (Fsp3) is 0.250. The molecule has 4 nitrogen and oxygen atoms in total. The lowest BCUT2D eigenvalue weighted by Crippen LogP contribution is -2.34. The molecule has 0 unspecified atom stereocenters. The number of carbonyl (C=O) groups excluding carboxylic acids is 1. The van der Waals surface area contributed by atoms with E-state index in [1.165, 1.54) is 0 Å².